The van der Waals surface area contributed by atoms with Gasteiger partial charge in [-0.1, -0.05) is 51.1 Å². The number of nitrogens with zero attached hydrogens (tertiary/aromatic N) is 3. The number of amides is 5. The van der Waals surface area contributed by atoms with Crippen LogP contribution in [0.5, 0.6) is 0 Å². The van der Waals surface area contributed by atoms with Crippen LogP contribution in [0.25, 0.3) is 11.1 Å². The van der Waals surface area contributed by atoms with Gasteiger partial charge in [-0.25, -0.2) is 8.78 Å². The third kappa shape index (κ3) is 27.8. The van der Waals surface area contributed by atoms with Crippen LogP contribution in [0.1, 0.15) is 83.0 Å². The number of Topliss-reactive ketones (excluding diaryl/α,β-unsaturated/α-hetero) is 1. The van der Waals surface area contributed by atoms with Gasteiger partial charge >= 0.3 is 5.97 Å². The van der Waals surface area contributed by atoms with Gasteiger partial charge in [0.1, 0.15) is 24.0 Å². The van der Waals surface area contributed by atoms with Crippen molar-refractivity contribution < 1.29 is 80.6 Å². The molecule has 2 aromatic carbocycles. The number of aliphatic carboxylic acids is 1. The monoisotopic (exact) mass is 1200 g/mol. The highest BCUT2D eigenvalue weighted by Crippen LogP contribution is 2.41. The van der Waals surface area contributed by atoms with Crippen molar-refractivity contribution in [1.29, 1.82) is 0 Å². The van der Waals surface area contributed by atoms with E-state index in [1.165, 1.54) is 11.8 Å². The molecule has 0 unspecified atom stereocenters. The number of thioether (sulfide) groups is 1. The predicted molar refractivity (Wildman–Crippen MR) is 312 cm³/mol. The Morgan fingerprint density at radius 1 is 0.702 bits per heavy atom. The number of carbonyl (C=O) groups excluding carboxylic acids is 6. The summed E-state index contributed by atoms with van der Waals surface area (Å²) in [5.41, 5.74) is 7.73. The molecule has 84 heavy (non-hydrogen) atoms. The van der Waals surface area contributed by atoms with Crippen LogP contribution in [0, 0.1) is 23.0 Å². The molecule has 0 aliphatic carbocycles. The molecule has 0 radical (unpaired) electrons. The Labute approximate surface area is 495 Å². The van der Waals surface area contributed by atoms with Gasteiger partial charge in [0.15, 0.2) is 0 Å². The number of hydrogen-bond acceptors (Lipinski definition) is 16. The first kappa shape index (κ1) is 70.5. The van der Waals surface area contributed by atoms with Crippen molar-refractivity contribution in [2.24, 2.45) is 17.1 Å². The van der Waals surface area contributed by atoms with E-state index in [9.17, 15) is 38.0 Å². The zero-order chi connectivity index (χ0) is 61.0. The molecule has 466 valence electrons. The van der Waals surface area contributed by atoms with Crippen LogP contribution in [0.3, 0.4) is 0 Å². The third-order valence-electron chi connectivity index (χ3n) is 13.0. The predicted octanol–water partition coefficient (Wildman–Crippen LogP) is 5.36. The molecule has 21 nitrogen and oxygen atoms in total. The number of carboxylic acids is 1. The van der Waals surface area contributed by atoms with Gasteiger partial charge in [0.25, 0.3) is 11.8 Å². The number of carbonyl (C=O) groups is 7. The van der Waals surface area contributed by atoms with Crippen molar-refractivity contribution in [1.82, 2.24) is 25.0 Å². The second kappa shape index (κ2) is 40.4. The molecule has 0 saturated carbocycles. The van der Waals surface area contributed by atoms with E-state index in [1.54, 1.807) is 11.1 Å². The molecule has 5 amide bonds. The van der Waals surface area contributed by atoms with Gasteiger partial charge < -0.3 is 64.1 Å². The van der Waals surface area contributed by atoms with Gasteiger partial charge in [-0.2, -0.15) is 11.8 Å². The number of unbranched alkanes of at least 4 members (excludes halogenated alkanes) is 2. The first-order chi connectivity index (χ1) is 40.5. The Morgan fingerprint density at radius 3 is 1.88 bits per heavy atom. The fourth-order valence-corrected chi connectivity index (χ4v) is 9.82. The van der Waals surface area contributed by atoms with Gasteiger partial charge in [-0.05, 0) is 67.5 Å². The minimum atomic E-state index is -0.929. The minimum absolute atomic E-state index is 0.0267. The molecule has 2 atom stereocenters. The van der Waals surface area contributed by atoms with Gasteiger partial charge in [0.2, 0.25) is 17.7 Å². The Bertz CT molecular complexity index is 2500. The number of halogens is 2. The molecule has 2 heterocycles. The van der Waals surface area contributed by atoms with Gasteiger partial charge in [-0.3, -0.25) is 38.5 Å². The largest absolute Gasteiger partial charge is 0.481 e. The van der Waals surface area contributed by atoms with Crippen molar-refractivity contribution >= 4 is 53.1 Å². The lowest BCUT2D eigenvalue weighted by Gasteiger charge is -2.41. The summed E-state index contributed by atoms with van der Waals surface area (Å²) in [7, 11) is 0. The van der Waals surface area contributed by atoms with Crippen molar-refractivity contribution in [3.8, 4) is 11.1 Å². The van der Waals surface area contributed by atoms with E-state index in [4.69, 9.17) is 44.0 Å². The quantitative estimate of drug-likeness (QED) is 0.0409. The Hall–Kier alpha value is -5.96. The van der Waals surface area contributed by atoms with Crippen LogP contribution in [0.2, 0.25) is 0 Å². The fraction of sp³-hybridized carbons (Fsp3) is 0.583. The average molecular weight is 1200 g/mol. The lowest BCUT2D eigenvalue weighted by atomic mass is 9.83. The number of nitrogens with one attached hydrogen (secondary N) is 2. The zero-order valence-electron chi connectivity index (χ0n) is 48.8. The Morgan fingerprint density at radius 2 is 1.27 bits per heavy atom. The van der Waals surface area contributed by atoms with Crippen molar-refractivity contribution in [3.05, 3.63) is 95.8 Å². The summed E-state index contributed by atoms with van der Waals surface area (Å²) in [6.07, 6.45) is 6.85. The lowest BCUT2D eigenvalue weighted by molar-refractivity contribution is -0.141. The molecule has 0 fully saturated rings. The van der Waals surface area contributed by atoms with E-state index < -0.39 is 52.7 Å². The highest BCUT2D eigenvalue weighted by atomic mass is 32.2. The summed E-state index contributed by atoms with van der Waals surface area (Å²) >= 11 is 1.25. The van der Waals surface area contributed by atoms with Gasteiger partial charge in [0, 0.05) is 93.2 Å². The SMILES string of the molecule is CC(C)(C)[C@H](c1cc(-c2cc(F)ccc2F)cn1Cc1ccccc1)N(CCCN)C(=O)CSC[C@H](CC(=O)CCOCCOCCCCCOCCNC(=O)CN1C(=O)C=CC1=O)C(=O)NCCOCCOCCOCCOCCC(=O)O. The summed E-state index contributed by atoms with van der Waals surface area (Å²) in [4.78, 5) is 90.3. The summed E-state index contributed by atoms with van der Waals surface area (Å²) in [5.74, 6) is -5.02. The van der Waals surface area contributed by atoms with Crippen molar-refractivity contribution in [2.45, 2.75) is 78.3 Å². The van der Waals surface area contributed by atoms with E-state index >= 15 is 4.39 Å². The number of imide groups is 1. The van der Waals surface area contributed by atoms with Crippen LogP contribution in [-0.4, -0.2) is 197 Å². The van der Waals surface area contributed by atoms with E-state index in [0.717, 1.165) is 65.8 Å². The number of carboxylic acid groups (broad SMARTS) is 1. The first-order valence-electron chi connectivity index (χ1n) is 28.6. The Kier molecular flexibility index (Phi) is 33.9. The smallest absolute Gasteiger partial charge is 0.305 e. The summed E-state index contributed by atoms with van der Waals surface area (Å²) in [6.45, 7) is 11.2. The zero-order valence-corrected chi connectivity index (χ0v) is 49.7. The number of ketones is 1. The maximum absolute atomic E-state index is 15.3. The number of ether oxygens (including phenoxy) is 7. The summed E-state index contributed by atoms with van der Waals surface area (Å²) in [5, 5.41) is 14.2. The third-order valence-corrected chi connectivity index (χ3v) is 14.0. The van der Waals surface area contributed by atoms with Gasteiger partial charge in [0.05, 0.1) is 103 Å². The molecular weight excluding hydrogens is 1110 g/mol. The molecular formula is C60H86F2N6O15S. The highest BCUT2D eigenvalue weighted by Gasteiger charge is 2.37. The van der Waals surface area contributed by atoms with Crippen LogP contribution in [0.15, 0.2) is 72.9 Å². The standard InChI is InChI=1S/C60H86F2N6O15S/c1-60(2,3)58(52-38-46(50-39-48(61)13-14-51(50)62)41-66(52)40-45-11-6-4-7-12-45)67(22-10-19-63)56(73)44-84-43-47(59(76)65-21-28-81-32-34-83-36-35-82-33-31-80-26-18-57(74)75)37-49(69)17-25-79-30-29-78-24-9-5-8-23-77-27-20-64-53(70)42-68-54(71)15-16-55(68)72/h4,6-7,11-16,38-39,41,47,58H,5,8-10,17-37,40,42-44,63H2,1-3H3,(H,64,70)(H,65,76)(H,74,75)/t47-,58-/m0/s1. The molecule has 0 spiro atoms. The van der Waals surface area contributed by atoms with E-state index in [0.29, 0.717) is 71.3 Å². The van der Waals surface area contributed by atoms with Crippen LogP contribution < -0.4 is 16.4 Å². The molecule has 5 N–H and O–H groups in total. The molecule has 24 heteroatoms. The number of rotatable bonds is 47. The van der Waals surface area contributed by atoms with E-state index in [1.807, 2.05) is 61.7 Å². The molecule has 0 saturated heterocycles. The van der Waals surface area contributed by atoms with Crippen LogP contribution in [-0.2, 0) is 73.3 Å². The fourth-order valence-electron chi connectivity index (χ4n) is 8.80. The second-order valence-electron chi connectivity index (χ2n) is 20.8. The molecule has 3 aromatic rings. The molecule has 4 rings (SSSR count). The molecule has 1 aliphatic heterocycles. The second-order valence-corrected chi connectivity index (χ2v) is 21.9. The Balaban J connectivity index is 1.27. The van der Waals surface area contributed by atoms with E-state index in [-0.39, 0.29) is 126 Å². The first-order valence-corrected chi connectivity index (χ1v) is 29.8. The van der Waals surface area contributed by atoms with E-state index in [2.05, 4.69) is 10.6 Å². The number of aromatic nitrogens is 1. The maximum atomic E-state index is 15.3. The van der Waals surface area contributed by atoms with Crippen LogP contribution in [0.4, 0.5) is 8.78 Å². The highest BCUT2D eigenvalue weighted by molar-refractivity contribution is 7.99. The molecule has 1 aliphatic rings. The van der Waals surface area contributed by atoms with Gasteiger partial charge in [-0.15, -0.1) is 0 Å². The number of benzene rings is 2. The summed E-state index contributed by atoms with van der Waals surface area (Å²) in [6, 6.07) is 14.3. The molecule has 0 bridgehead atoms. The summed E-state index contributed by atoms with van der Waals surface area (Å²) < 4.78 is 70.6. The normalized spacial score (nSPS) is 13.1. The molecule has 1 aromatic heterocycles. The van der Waals surface area contributed by atoms with Crippen molar-refractivity contribution in [3.63, 3.8) is 0 Å². The topological polar surface area (TPSA) is 266 Å². The maximum Gasteiger partial charge on any atom is 0.305 e. The van der Waals surface area contributed by atoms with Crippen LogP contribution >= 0.6 is 11.8 Å². The van der Waals surface area contributed by atoms with Crippen molar-refractivity contribution in [2.75, 3.05) is 137 Å². The average Bonchev–Trinajstić information content (AvgIpc) is 2.54. The lowest BCUT2D eigenvalue weighted by Crippen LogP contribution is -2.44. The number of hydrogen-bond donors (Lipinski definition) is 4. The number of nitrogens with two attached hydrogens (primary N) is 1. The minimum Gasteiger partial charge on any atom is -0.481 e.